The summed E-state index contributed by atoms with van der Waals surface area (Å²) in [4.78, 5) is 5.99. The van der Waals surface area contributed by atoms with Crippen molar-refractivity contribution in [1.29, 1.82) is 0 Å². The van der Waals surface area contributed by atoms with E-state index in [1.807, 2.05) is 12.1 Å². The molecule has 112 valence electrons. The number of imidazole rings is 1. The molecule has 0 aliphatic carbocycles. The van der Waals surface area contributed by atoms with Crippen molar-refractivity contribution < 1.29 is 4.74 Å². The minimum absolute atomic E-state index is 0.512. The number of para-hydroxylation sites is 1. The normalized spacial score (nSPS) is 26.1. The number of hydrogen-bond donors (Lipinski definition) is 1. The fraction of sp³-hybridized carbons (Fsp3) is 0.562. The Morgan fingerprint density at radius 2 is 2.14 bits per heavy atom. The molecule has 2 saturated heterocycles. The zero-order valence-corrected chi connectivity index (χ0v) is 13.2. The third-order valence-electron chi connectivity index (χ3n) is 5.09. The first-order valence-corrected chi connectivity index (χ1v) is 8.20. The molecule has 3 heterocycles. The predicted molar refractivity (Wildman–Crippen MR) is 86.5 cm³/mol. The van der Waals surface area contributed by atoms with Crippen molar-refractivity contribution in [1.82, 2.24) is 14.5 Å². The molecule has 2 aromatic rings. The first-order valence-electron chi connectivity index (χ1n) is 7.79. The lowest BCUT2D eigenvalue weighted by atomic mass is 9.97. The Bertz CT molecular complexity index is 720. The molecule has 0 spiro atoms. The van der Waals surface area contributed by atoms with Crippen molar-refractivity contribution in [2.75, 3.05) is 20.2 Å². The Balaban J connectivity index is 1.76. The lowest BCUT2D eigenvalue weighted by molar-refractivity contribution is 0.156. The summed E-state index contributed by atoms with van der Waals surface area (Å²) >= 11 is 5.60. The van der Waals surface area contributed by atoms with Crippen LogP contribution < -0.4 is 4.74 Å². The average Bonchev–Trinajstić information content (AvgIpc) is 3.08. The van der Waals surface area contributed by atoms with E-state index in [0.29, 0.717) is 6.04 Å². The van der Waals surface area contributed by atoms with Crippen molar-refractivity contribution in [3.05, 3.63) is 23.0 Å². The van der Waals surface area contributed by atoms with Crippen LogP contribution in [0.2, 0.25) is 0 Å². The molecule has 2 fully saturated rings. The molecule has 1 aromatic carbocycles. The zero-order chi connectivity index (χ0) is 14.4. The van der Waals surface area contributed by atoms with Crippen molar-refractivity contribution in [2.24, 2.45) is 0 Å². The average molecular weight is 303 g/mol. The second kappa shape index (κ2) is 5.14. The summed E-state index contributed by atoms with van der Waals surface area (Å²) in [5.41, 5.74) is 2.20. The molecule has 2 aliphatic rings. The van der Waals surface area contributed by atoms with Gasteiger partial charge in [-0.2, -0.15) is 0 Å². The van der Waals surface area contributed by atoms with Crippen molar-refractivity contribution in [3.8, 4) is 5.75 Å². The zero-order valence-electron chi connectivity index (χ0n) is 12.3. The van der Waals surface area contributed by atoms with Gasteiger partial charge in [0.25, 0.3) is 0 Å². The van der Waals surface area contributed by atoms with Gasteiger partial charge in [0.2, 0.25) is 0 Å². The highest BCUT2D eigenvalue weighted by Gasteiger charge is 2.33. The number of fused-ring (bicyclic) bond motifs is 2. The van der Waals surface area contributed by atoms with Gasteiger partial charge < -0.3 is 19.2 Å². The lowest BCUT2D eigenvalue weighted by Gasteiger charge is -2.35. The molecular weight excluding hydrogens is 282 g/mol. The van der Waals surface area contributed by atoms with Crippen molar-refractivity contribution in [2.45, 2.75) is 37.8 Å². The monoisotopic (exact) mass is 303 g/mol. The number of nitrogens with zero attached hydrogens (tertiary/aromatic N) is 2. The second-order valence-electron chi connectivity index (χ2n) is 6.16. The van der Waals surface area contributed by atoms with Gasteiger partial charge in [0.1, 0.15) is 11.3 Å². The standard InChI is InChI=1S/C16H21N3OS/c1-20-14-6-2-5-13-15(14)17-16(21)19(13)12-7-9-18-8-3-4-11(18)10-12/h2,5-6,11-12H,3-4,7-10H2,1H3,(H,17,21). The number of aromatic nitrogens is 2. The quantitative estimate of drug-likeness (QED) is 0.862. The van der Waals surface area contributed by atoms with Crippen LogP contribution in [0.4, 0.5) is 0 Å². The number of H-pyrrole nitrogens is 1. The Morgan fingerprint density at radius 3 is 3.00 bits per heavy atom. The third kappa shape index (κ3) is 2.10. The number of piperidine rings is 1. The number of methoxy groups -OCH3 is 1. The summed E-state index contributed by atoms with van der Waals surface area (Å²) in [5.74, 6) is 0.871. The largest absolute Gasteiger partial charge is 0.494 e. The smallest absolute Gasteiger partial charge is 0.178 e. The van der Waals surface area contributed by atoms with E-state index in [1.165, 1.54) is 44.3 Å². The fourth-order valence-electron chi connectivity index (χ4n) is 4.09. The van der Waals surface area contributed by atoms with Crippen LogP contribution >= 0.6 is 12.2 Å². The second-order valence-corrected chi connectivity index (χ2v) is 6.55. The van der Waals surface area contributed by atoms with Crippen LogP contribution in [-0.4, -0.2) is 40.7 Å². The van der Waals surface area contributed by atoms with Crippen LogP contribution in [0.25, 0.3) is 11.0 Å². The number of benzene rings is 1. The molecule has 21 heavy (non-hydrogen) atoms. The molecule has 2 atom stereocenters. The summed E-state index contributed by atoms with van der Waals surface area (Å²) < 4.78 is 8.60. The molecule has 2 unspecified atom stereocenters. The molecule has 1 aromatic heterocycles. The van der Waals surface area contributed by atoms with E-state index in [1.54, 1.807) is 7.11 Å². The Kier molecular flexibility index (Phi) is 3.27. The first kappa shape index (κ1) is 13.3. The van der Waals surface area contributed by atoms with Gasteiger partial charge in [-0.25, -0.2) is 0 Å². The molecular formula is C16H21N3OS. The summed E-state index contributed by atoms with van der Waals surface area (Å²) in [6.07, 6.45) is 5.10. The number of hydrogen-bond acceptors (Lipinski definition) is 3. The van der Waals surface area contributed by atoms with Crippen LogP contribution in [-0.2, 0) is 0 Å². The van der Waals surface area contributed by atoms with Gasteiger partial charge in [-0.05, 0) is 56.6 Å². The Labute approximate surface area is 129 Å². The van der Waals surface area contributed by atoms with Crippen molar-refractivity contribution in [3.63, 3.8) is 0 Å². The molecule has 5 heteroatoms. The molecule has 4 rings (SSSR count). The number of ether oxygens (including phenoxy) is 1. The lowest BCUT2D eigenvalue weighted by Crippen LogP contribution is -2.38. The van der Waals surface area contributed by atoms with E-state index in [4.69, 9.17) is 17.0 Å². The number of nitrogens with one attached hydrogen (secondary N) is 1. The predicted octanol–water partition coefficient (Wildman–Crippen LogP) is 3.51. The van der Waals surface area contributed by atoms with Gasteiger partial charge >= 0.3 is 0 Å². The van der Waals surface area contributed by atoms with Gasteiger partial charge in [0, 0.05) is 18.6 Å². The van der Waals surface area contributed by atoms with Crippen LogP contribution in [0.15, 0.2) is 18.2 Å². The summed E-state index contributed by atoms with van der Waals surface area (Å²) in [7, 11) is 1.71. The summed E-state index contributed by atoms with van der Waals surface area (Å²) in [6.45, 7) is 2.48. The summed E-state index contributed by atoms with van der Waals surface area (Å²) in [6, 6.07) is 7.44. The van der Waals surface area contributed by atoms with Gasteiger partial charge in [-0.1, -0.05) is 6.07 Å². The van der Waals surface area contributed by atoms with Crippen LogP contribution in [0.3, 0.4) is 0 Å². The van der Waals surface area contributed by atoms with Crippen molar-refractivity contribution >= 4 is 23.3 Å². The van der Waals surface area contributed by atoms with Crippen LogP contribution in [0.5, 0.6) is 5.75 Å². The topological polar surface area (TPSA) is 33.2 Å². The maximum Gasteiger partial charge on any atom is 0.178 e. The van der Waals surface area contributed by atoms with E-state index in [0.717, 1.165) is 22.1 Å². The first-order chi connectivity index (χ1) is 10.3. The number of rotatable bonds is 2. The highest BCUT2D eigenvalue weighted by Crippen LogP contribution is 2.36. The van der Waals surface area contributed by atoms with E-state index in [9.17, 15) is 0 Å². The van der Waals surface area contributed by atoms with Gasteiger partial charge in [0.05, 0.1) is 12.6 Å². The Morgan fingerprint density at radius 1 is 1.24 bits per heavy atom. The van der Waals surface area contributed by atoms with Gasteiger partial charge in [-0.3, -0.25) is 0 Å². The summed E-state index contributed by atoms with van der Waals surface area (Å²) in [5, 5.41) is 0. The molecule has 0 saturated carbocycles. The maximum atomic E-state index is 5.60. The Hall–Kier alpha value is -1.33. The third-order valence-corrected chi connectivity index (χ3v) is 5.39. The molecule has 1 N–H and O–H groups in total. The van der Waals surface area contributed by atoms with E-state index in [2.05, 4.69) is 20.5 Å². The molecule has 2 aliphatic heterocycles. The molecule has 4 nitrogen and oxygen atoms in total. The van der Waals surface area contributed by atoms with E-state index >= 15 is 0 Å². The van der Waals surface area contributed by atoms with Crippen LogP contribution in [0, 0.1) is 4.77 Å². The molecule has 0 bridgehead atoms. The van der Waals surface area contributed by atoms with Gasteiger partial charge in [-0.15, -0.1) is 0 Å². The minimum Gasteiger partial charge on any atom is -0.494 e. The highest BCUT2D eigenvalue weighted by atomic mass is 32.1. The maximum absolute atomic E-state index is 5.60. The molecule has 0 amide bonds. The van der Waals surface area contributed by atoms with Crippen LogP contribution in [0.1, 0.15) is 31.7 Å². The van der Waals surface area contributed by atoms with E-state index in [-0.39, 0.29) is 0 Å². The molecule has 0 radical (unpaired) electrons. The number of aromatic amines is 1. The highest BCUT2D eigenvalue weighted by molar-refractivity contribution is 7.71. The SMILES string of the molecule is COc1cccc2c1[nH]c(=S)n2C1CCN2CCCC2C1. The van der Waals surface area contributed by atoms with E-state index < -0.39 is 0 Å². The van der Waals surface area contributed by atoms with Gasteiger partial charge in [0.15, 0.2) is 4.77 Å². The minimum atomic E-state index is 0.512. The fourth-order valence-corrected chi connectivity index (χ4v) is 4.44.